The van der Waals surface area contributed by atoms with Crippen LogP contribution < -0.4 is 0 Å². The normalized spacial score (nSPS) is 2.57. The van der Waals surface area contributed by atoms with E-state index in [4.69, 9.17) is 0 Å². The number of rotatable bonds is 0. The van der Waals surface area contributed by atoms with Gasteiger partial charge in [-0.15, -0.1) is 0 Å². The zero-order valence-corrected chi connectivity index (χ0v) is 4.34. The molecule has 0 radical (unpaired) electrons. The van der Waals surface area contributed by atoms with Gasteiger partial charge in [0, 0.05) is 0 Å². The molecule has 0 bridgehead atoms. The van der Waals surface area contributed by atoms with E-state index in [1.807, 2.05) is 0 Å². The molecule has 0 rings (SSSR count). The van der Waals surface area contributed by atoms with Crippen LogP contribution in [0, 0.1) is 0 Å². The molecule has 0 aliphatic heterocycles. The predicted molar refractivity (Wildman–Crippen MR) is 26.0 cm³/mol. The standard InChI is InChI=1S/C3H8.4FH/c1-3-2;;;;/h3H2,1-2H3;4*1H. The van der Waals surface area contributed by atoms with Crippen molar-refractivity contribution in [3.8, 4) is 0 Å². The third-order valence-corrected chi connectivity index (χ3v) is 0. The second-order valence-electron chi connectivity index (χ2n) is 0.707. The molecule has 0 aliphatic carbocycles. The van der Waals surface area contributed by atoms with Gasteiger partial charge in [0.25, 0.3) is 0 Å². The lowest BCUT2D eigenvalue weighted by Crippen LogP contribution is -1.27. The van der Waals surface area contributed by atoms with Crippen LogP contribution in [-0.2, 0) is 0 Å². The number of halogens is 4. The van der Waals surface area contributed by atoms with Crippen molar-refractivity contribution in [3.63, 3.8) is 0 Å². The van der Waals surface area contributed by atoms with Crippen molar-refractivity contribution in [1.82, 2.24) is 0 Å². The fraction of sp³-hybridized carbons (Fsp3) is 1.00. The Kier molecular flexibility index (Phi) is 2610. The van der Waals surface area contributed by atoms with E-state index in [0.29, 0.717) is 0 Å². The summed E-state index contributed by atoms with van der Waals surface area (Å²) in [4.78, 5) is 0. The van der Waals surface area contributed by atoms with Gasteiger partial charge in [-0.2, -0.15) is 0 Å². The molecule has 0 aromatic rings. The van der Waals surface area contributed by atoms with Gasteiger partial charge in [-0.05, 0) is 0 Å². The first-order valence-corrected chi connectivity index (χ1v) is 1.41. The highest BCUT2D eigenvalue weighted by Gasteiger charge is 1.35. The molecule has 0 fully saturated rings. The Bertz CT molecular complexity index is 6.90. The van der Waals surface area contributed by atoms with Crippen LogP contribution in [0.25, 0.3) is 0 Å². The van der Waals surface area contributed by atoms with Crippen molar-refractivity contribution in [2.24, 2.45) is 0 Å². The summed E-state index contributed by atoms with van der Waals surface area (Å²) >= 11 is 0. The molecule has 0 spiro atoms. The maximum absolute atomic E-state index is 2.12. The topological polar surface area (TPSA) is 0 Å². The van der Waals surface area contributed by atoms with Crippen molar-refractivity contribution in [2.45, 2.75) is 20.3 Å². The molecule has 4 heteroatoms. The molecule has 0 atom stereocenters. The highest BCUT2D eigenvalue weighted by Crippen LogP contribution is 1.56. The molecule has 0 nitrogen and oxygen atoms in total. The molecule has 7 heavy (non-hydrogen) atoms. The van der Waals surface area contributed by atoms with Crippen molar-refractivity contribution in [2.75, 3.05) is 0 Å². The van der Waals surface area contributed by atoms with E-state index in [2.05, 4.69) is 13.8 Å². The SMILES string of the molecule is CCC.F.F.F.F. The lowest BCUT2D eigenvalue weighted by Gasteiger charge is -1.48. The van der Waals surface area contributed by atoms with E-state index in [9.17, 15) is 0 Å². The van der Waals surface area contributed by atoms with Gasteiger partial charge in [-0.1, -0.05) is 20.3 Å². The number of hydrogen-bond acceptors (Lipinski definition) is 0. The monoisotopic (exact) mass is 124 g/mol. The largest absolute Gasteiger partial charge is 0.269 e. The molecule has 0 aromatic carbocycles. The third kappa shape index (κ3) is 1010. The minimum Gasteiger partial charge on any atom is -0.269 e. The Balaban J connectivity index is -0.00000000333. The van der Waals surface area contributed by atoms with Crippen LogP contribution in [0.15, 0.2) is 0 Å². The van der Waals surface area contributed by atoms with Crippen molar-refractivity contribution in [3.05, 3.63) is 0 Å². The number of hydrogen-bond donors (Lipinski definition) is 0. The highest BCUT2D eigenvalue weighted by atomic mass is 19.0. The Morgan fingerprint density at radius 3 is 0.714 bits per heavy atom. The van der Waals surface area contributed by atoms with E-state index >= 15 is 0 Å². The van der Waals surface area contributed by atoms with E-state index < -0.39 is 0 Å². The quantitative estimate of drug-likeness (QED) is 0.433. The van der Waals surface area contributed by atoms with Crippen LogP contribution in [0.4, 0.5) is 18.8 Å². The fourth-order valence-corrected chi connectivity index (χ4v) is 0. The molecule has 0 aromatic heterocycles. The van der Waals surface area contributed by atoms with Crippen LogP contribution in [-0.4, -0.2) is 0 Å². The van der Waals surface area contributed by atoms with Crippen molar-refractivity contribution in [1.29, 1.82) is 0 Å². The lowest BCUT2D eigenvalue weighted by atomic mass is 10.6. The van der Waals surface area contributed by atoms with Gasteiger partial charge in [-0.3, -0.25) is 18.8 Å². The summed E-state index contributed by atoms with van der Waals surface area (Å²) in [5.74, 6) is 0. The van der Waals surface area contributed by atoms with Crippen LogP contribution in [0.3, 0.4) is 0 Å². The van der Waals surface area contributed by atoms with Crippen LogP contribution in [0.1, 0.15) is 20.3 Å². The summed E-state index contributed by atoms with van der Waals surface area (Å²) in [7, 11) is 0. The van der Waals surface area contributed by atoms with Crippen molar-refractivity contribution < 1.29 is 18.8 Å². The van der Waals surface area contributed by atoms with Gasteiger partial charge in [0.1, 0.15) is 0 Å². The molecule has 0 unspecified atom stereocenters. The Morgan fingerprint density at radius 1 is 0.714 bits per heavy atom. The lowest BCUT2D eigenvalue weighted by molar-refractivity contribution is 1.09. The zero-order chi connectivity index (χ0) is 2.71. The predicted octanol–water partition coefficient (Wildman–Crippen LogP) is 2.03. The first kappa shape index (κ1) is 74.3. The molecule has 0 amide bonds. The molecule has 0 saturated heterocycles. The molecule has 52 valence electrons. The first-order chi connectivity index (χ1) is 1.41. The summed E-state index contributed by atoms with van der Waals surface area (Å²) in [5.41, 5.74) is 0. The molecule has 0 aliphatic rings. The Labute approximate surface area is 40.4 Å². The van der Waals surface area contributed by atoms with Crippen LogP contribution >= 0.6 is 0 Å². The summed E-state index contributed by atoms with van der Waals surface area (Å²) in [6, 6.07) is 0. The third-order valence-electron chi connectivity index (χ3n) is 0. The summed E-state index contributed by atoms with van der Waals surface area (Å²) in [5, 5.41) is 0. The van der Waals surface area contributed by atoms with E-state index in [-0.39, 0.29) is 18.8 Å². The fourth-order valence-electron chi connectivity index (χ4n) is 0. The Morgan fingerprint density at radius 2 is 0.714 bits per heavy atom. The van der Waals surface area contributed by atoms with Gasteiger partial charge in [0.15, 0.2) is 0 Å². The minimum atomic E-state index is 0. The average Bonchev–Trinajstić information content (AvgIpc) is 0.918. The molecule has 0 saturated carbocycles. The van der Waals surface area contributed by atoms with Gasteiger partial charge >= 0.3 is 0 Å². The van der Waals surface area contributed by atoms with Gasteiger partial charge < -0.3 is 0 Å². The van der Waals surface area contributed by atoms with Gasteiger partial charge in [0.05, 0.1) is 0 Å². The minimum absolute atomic E-state index is 0. The van der Waals surface area contributed by atoms with Gasteiger partial charge in [-0.25, -0.2) is 0 Å². The summed E-state index contributed by atoms with van der Waals surface area (Å²) in [6.45, 7) is 4.25. The highest BCUT2D eigenvalue weighted by molar-refractivity contribution is 3.92. The molecular formula is C3H12F4. The second-order valence-corrected chi connectivity index (χ2v) is 0.707. The van der Waals surface area contributed by atoms with E-state index in [1.54, 1.807) is 0 Å². The van der Waals surface area contributed by atoms with E-state index in [0.717, 1.165) is 0 Å². The second kappa shape index (κ2) is 246. The average molecular weight is 124 g/mol. The maximum atomic E-state index is 2.12. The molecule has 0 N–H and O–H groups in total. The Hall–Kier alpha value is -0.280. The smallest absolute Gasteiger partial charge is 0.0590 e. The zero-order valence-electron chi connectivity index (χ0n) is 4.34. The van der Waals surface area contributed by atoms with Gasteiger partial charge in [0.2, 0.25) is 0 Å². The maximum Gasteiger partial charge on any atom is -0.0590 e. The van der Waals surface area contributed by atoms with Crippen molar-refractivity contribution >= 4 is 0 Å². The van der Waals surface area contributed by atoms with Crippen LogP contribution in [0.5, 0.6) is 0 Å². The molecule has 0 heterocycles. The first-order valence-electron chi connectivity index (χ1n) is 1.41. The van der Waals surface area contributed by atoms with Crippen LogP contribution in [0.2, 0.25) is 0 Å². The summed E-state index contributed by atoms with van der Waals surface area (Å²) < 4.78 is 0. The van der Waals surface area contributed by atoms with E-state index in [1.165, 1.54) is 6.42 Å². The summed E-state index contributed by atoms with van der Waals surface area (Å²) in [6.07, 6.45) is 1.25. The molecular weight excluding hydrogens is 112 g/mol.